The van der Waals surface area contributed by atoms with Gasteiger partial charge in [-0.1, -0.05) is 37.3 Å². The predicted molar refractivity (Wildman–Crippen MR) is 70.9 cm³/mol. The average Bonchev–Trinajstić information content (AvgIpc) is 2.32. The maximum atomic E-state index is 5.63. The molecule has 2 heteroatoms. The summed E-state index contributed by atoms with van der Waals surface area (Å²) in [6.45, 7) is 5.00. The topological polar surface area (TPSA) is 21.3 Å². The van der Waals surface area contributed by atoms with Crippen LogP contribution in [-0.4, -0.2) is 19.2 Å². The Kier molecular flexibility index (Phi) is 5.02. The molecule has 0 aliphatic heterocycles. The molecule has 0 amide bonds. The van der Waals surface area contributed by atoms with Gasteiger partial charge in [-0.3, -0.25) is 0 Å². The van der Waals surface area contributed by atoms with Crippen molar-refractivity contribution in [3.8, 4) is 0 Å². The molecule has 0 heterocycles. The molecule has 0 spiro atoms. The summed E-state index contributed by atoms with van der Waals surface area (Å²) in [6.07, 6.45) is 3.81. The van der Waals surface area contributed by atoms with Gasteiger partial charge in [-0.05, 0) is 37.3 Å². The first-order chi connectivity index (χ1) is 8.34. The molecule has 1 aliphatic carbocycles. The molecule has 1 aliphatic rings. The van der Waals surface area contributed by atoms with Gasteiger partial charge in [0.1, 0.15) is 0 Å². The van der Waals surface area contributed by atoms with Crippen LogP contribution in [0.4, 0.5) is 0 Å². The third-order valence-electron chi connectivity index (χ3n) is 3.38. The summed E-state index contributed by atoms with van der Waals surface area (Å²) >= 11 is 0. The van der Waals surface area contributed by atoms with Crippen LogP contribution < -0.4 is 5.32 Å². The van der Waals surface area contributed by atoms with Crippen molar-refractivity contribution in [1.29, 1.82) is 0 Å². The molecule has 1 aromatic rings. The molecule has 1 N–H and O–H groups in total. The van der Waals surface area contributed by atoms with Gasteiger partial charge in [0.15, 0.2) is 0 Å². The van der Waals surface area contributed by atoms with Gasteiger partial charge in [-0.15, -0.1) is 0 Å². The molecule has 1 aromatic carbocycles. The van der Waals surface area contributed by atoms with Crippen molar-refractivity contribution in [2.45, 2.75) is 38.8 Å². The maximum absolute atomic E-state index is 5.63. The minimum absolute atomic E-state index is 0.737. The first-order valence-electron chi connectivity index (χ1n) is 6.69. The fourth-order valence-electron chi connectivity index (χ4n) is 2.31. The maximum Gasteiger partial charge on any atom is 0.0716 e. The number of hydrogen-bond acceptors (Lipinski definition) is 2. The first kappa shape index (κ1) is 12.6. The minimum Gasteiger partial charge on any atom is -0.377 e. The van der Waals surface area contributed by atoms with E-state index in [4.69, 9.17) is 4.74 Å². The van der Waals surface area contributed by atoms with Crippen molar-refractivity contribution in [2.75, 3.05) is 13.2 Å². The van der Waals surface area contributed by atoms with E-state index in [2.05, 4.69) is 36.5 Å². The predicted octanol–water partition coefficient (Wildman–Crippen LogP) is 2.98. The van der Waals surface area contributed by atoms with Crippen LogP contribution in [0.25, 0.3) is 0 Å². The lowest BCUT2D eigenvalue weighted by Gasteiger charge is -2.33. The molecule has 94 valence electrons. The summed E-state index contributed by atoms with van der Waals surface area (Å²) in [4.78, 5) is 0. The zero-order valence-electron chi connectivity index (χ0n) is 10.7. The summed E-state index contributed by atoms with van der Waals surface area (Å²) in [5.41, 5.74) is 1.26. The number of hydrogen-bond donors (Lipinski definition) is 1. The van der Waals surface area contributed by atoms with Crippen molar-refractivity contribution in [2.24, 2.45) is 5.92 Å². The van der Waals surface area contributed by atoms with Gasteiger partial charge in [0, 0.05) is 12.6 Å². The van der Waals surface area contributed by atoms with Crippen LogP contribution in [0.2, 0.25) is 0 Å². The molecule has 1 fully saturated rings. The van der Waals surface area contributed by atoms with E-state index in [0.29, 0.717) is 0 Å². The molecule has 2 rings (SSSR count). The molecule has 0 atom stereocenters. The number of benzene rings is 1. The molecular weight excluding hydrogens is 210 g/mol. The first-order valence-corrected chi connectivity index (χ1v) is 6.69. The van der Waals surface area contributed by atoms with E-state index < -0.39 is 0 Å². The Balaban J connectivity index is 1.44. The molecule has 2 nitrogen and oxygen atoms in total. The molecule has 0 radical (unpaired) electrons. The smallest absolute Gasteiger partial charge is 0.0716 e. The van der Waals surface area contributed by atoms with E-state index in [0.717, 1.165) is 38.1 Å². The van der Waals surface area contributed by atoms with Gasteiger partial charge in [0.25, 0.3) is 0 Å². The van der Waals surface area contributed by atoms with Gasteiger partial charge in [0.05, 0.1) is 6.61 Å². The summed E-state index contributed by atoms with van der Waals surface area (Å²) in [7, 11) is 0. The lowest BCUT2D eigenvalue weighted by Crippen LogP contribution is -2.40. The van der Waals surface area contributed by atoms with Gasteiger partial charge < -0.3 is 10.1 Å². The van der Waals surface area contributed by atoms with Crippen LogP contribution in [0.15, 0.2) is 30.3 Å². The van der Waals surface area contributed by atoms with Crippen molar-refractivity contribution in [3.63, 3.8) is 0 Å². The highest BCUT2D eigenvalue weighted by atomic mass is 16.5. The largest absolute Gasteiger partial charge is 0.377 e. The molecule has 0 unspecified atom stereocenters. The number of rotatable bonds is 7. The highest BCUT2D eigenvalue weighted by Crippen LogP contribution is 2.25. The fourth-order valence-corrected chi connectivity index (χ4v) is 2.31. The zero-order valence-corrected chi connectivity index (χ0v) is 10.7. The third kappa shape index (κ3) is 4.49. The standard InChI is InChI=1S/C15H23NO/c1-13-10-15(11-13)16-8-5-9-17-12-14-6-3-2-4-7-14/h2-4,6-7,13,15-16H,5,8-12H2,1H3. The SMILES string of the molecule is CC1CC(NCCCOCc2ccccc2)C1. The Labute approximate surface area is 104 Å². The van der Waals surface area contributed by atoms with Crippen molar-refractivity contribution in [1.82, 2.24) is 5.32 Å². The lowest BCUT2D eigenvalue weighted by molar-refractivity contribution is 0.116. The molecule has 0 saturated heterocycles. The highest BCUT2D eigenvalue weighted by molar-refractivity contribution is 5.13. The van der Waals surface area contributed by atoms with E-state index >= 15 is 0 Å². The molecule has 0 aromatic heterocycles. The molecular formula is C15H23NO. The normalized spacial score (nSPS) is 23.4. The van der Waals surface area contributed by atoms with Crippen LogP contribution in [0, 0.1) is 5.92 Å². The van der Waals surface area contributed by atoms with Crippen molar-refractivity contribution in [3.05, 3.63) is 35.9 Å². The molecule has 17 heavy (non-hydrogen) atoms. The Morgan fingerprint density at radius 3 is 2.71 bits per heavy atom. The zero-order chi connectivity index (χ0) is 11.9. The monoisotopic (exact) mass is 233 g/mol. The molecule has 0 bridgehead atoms. The number of ether oxygens (including phenoxy) is 1. The van der Waals surface area contributed by atoms with Crippen LogP contribution in [0.1, 0.15) is 31.7 Å². The van der Waals surface area contributed by atoms with Crippen LogP contribution >= 0.6 is 0 Å². The van der Waals surface area contributed by atoms with E-state index in [1.165, 1.54) is 18.4 Å². The average molecular weight is 233 g/mol. The summed E-state index contributed by atoms with van der Waals surface area (Å²) in [5.74, 6) is 0.932. The second kappa shape index (κ2) is 6.77. The Morgan fingerprint density at radius 2 is 2.00 bits per heavy atom. The summed E-state index contributed by atoms with van der Waals surface area (Å²) in [6, 6.07) is 11.1. The third-order valence-corrected chi connectivity index (χ3v) is 3.38. The fraction of sp³-hybridized carbons (Fsp3) is 0.600. The van der Waals surface area contributed by atoms with Crippen molar-refractivity contribution >= 4 is 0 Å². The highest BCUT2D eigenvalue weighted by Gasteiger charge is 2.23. The van der Waals surface area contributed by atoms with Gasteiger partial charge in [0.2, 0.25) is 0 Å². The Bertz CT molecular complexity index is 306. The van der Waals surface area contributed by atoms with Crippen LogP contribution in [0.5, 0.6) is 0 Å². The summed E-state index contributed by atoms with van der Waals surface area (Å²) in [5, 5.41) is 3.57. The second-order valence-corrected chi connectivity index (χ2v) is 5.12. The van der Waals surface area contributed by atoms with Gasteiger partial charge >= 0.3 is 0 Å². The quantitative estimate of drug-likeness (QED) is 0.731. The van der Waals surface area contributed by atoms with Gasteiger partial charge in [-0.2, -0.15) is 0 Å². The van der Waals surface area contributed by atoms with Crippen LogP contribution in [-0.2, 0) is 11.3 Å². The Hall–Kier alpha value is -0.860. The van der Waals surface area contributed by atoms with E-state index in [1.807, 2.05) is 6.07 Å². The number of nitrogens with one attached hydrogen (secondary N) is 1. The van der Waals surface area contributed by atoms with Crippen LogP contribution in [0.3, 0.4) is 0 Å². The van der Waals surface area contributed by atoms with Gasteiger partial charge in [-0.25, -0.2) is 0 Å². The second-order valence-electron chi connectivity index (χ2n) is 5.12. The summed E-state index contributed by atoms with van der Waals surface area (Å²) < 4.78 is 5.63. The Morgan fingerprint density at radius 1 is 1.24 bits per heavy atom. The molecule has 1 saturated carbocycles. The van der Waals surface area contributed by atoms with E-state index in [1.54, 1.807) is 0 Å². The van der Waals surface area contributed by atoms with E-state index in [-0.39, 0.29) is 0 Å². The van der Waals surface area contributed by atoms with Crippen molar-refractivity contribution < 1.29 is 4.74 Å². The lowest BCUT2D eigenvalue weighted by atomic mass is 9.82. The minimum atomic E-state index is 0.737. The van der Waals surface area contributed by atoms with E-state index in [9.17, 15) is 0 Å².